The van der Waals surface area contributed by atoms with Crippen LogP contribution in [-0.4, -0.2) is 43.8 Å². The van der Waals surface area contributed by atoms with Crippen LogP contribution in [0.5, 0.6) is 0 Å². The molecule has 45 heavy (non-hydrogen) atoms. The first kappa shape index (κ1) is 33.7. The number of benzene rings is 4. The summed E-state index contributed by atoms with van der Waals surface area (Å²) in [6.45, 7) is 7.21. The maximum absolute atomic E-state index is 14.6. The Labute approximate surface area is 271 Å². The van der Waals surface area contributed by atoms with Gasteiger partial charge in [0.25, 0.3) is 10.0 Å². The number of hydrogen-bond donors (Lipinski definition) is 1. The Balaban J connectivity index is 1.82. The van der Waals surface area contributed by atoms with Crippen LogP contribution in [0.15, 0.2) is 108 Å². The number of halogens is 1. The van der Waals surface area contributed by atoms with Gasteiger partial charge in [-0.3, -0.25) is 13.9 Å². The van der Waals surface area contributed by atoms with Crippen molar-refractivity contribution < 1.29 is 18.0 Å². The fourth-order valence-electron chi connectivity index (χ4n) is 5.10. The second-order valence-electron chi connectivity index (χ2n) is 11.3. The second-order valence-corrected chi connectivity index (χ2v) is 13.6. The van der Waals surface area contributed by atoms with Gasteiger partial charge in [0.05, 0.1) is 10.6 Å². The summed E-state index contributed by atoms with van der Waals surface area (Å²) in [6, 6.07) is 29.0. The van der Waals surface area contributed by atoms with Gasteiger partial charge < -0.3 is 10.2 Å². The zero-order valence-corrected chi connectivity index (χ0v) is 27.7. The fraction of sp³-hybridized carbons (Fsp3) is 0.278. The lowest BCUT2D eigenvalue weighted by molar-refractivity contribution is -0.140. The van der Waals surface area contributed by atoms with Gasteiger partial charge in [0.15, 0.2) is 0 Å². The van der Waals surface area contributed by atoms with Gasteiger partial charge in [0.1, 0.15) is 12.6 Å². The molecule has 2 amide bonds. The number of sulfonamides is 1. The van der Waals surface area contributed by atoms with E-state index in [-0.39, 0.29) is 29.8 Å². The number of nitrogens with zero attached hydrogens (tertiary/aromatic N) is 2. The predicted molar refractivity (Wildman–Crippen MR) is 181 cm³/mol. The van der Waals surface area contributed by atoms with Crippen LogP contribution in [0.3, 0.4) is 0 Å². The number of carbonyl (C=O) groups excluding carboxylic acids is 2. The summed E-state index contributed by atoms with van der Waals surface area (Å²) < 4.78 is 29.5. The third kappa shape index (κ3) is 8.74. The van der Waals surface area contributed by atoms with Gasteiger partial charge >= 0.3 is 0 Å². The average Bonchev–Trinajstić information content (AvgIpc) is 3.03. The maximum Gasteiger partial charge on any atom is 0.264 e. The van der Waals surface area contributed by atoms with E-state index in [1.807, 2.05) is 70.2 Å². The molecule has 0 fully saturated rings. The Morgan fingerprint density at radius 2 is 1.47 bits per heavy atom. The van der Waals surface area contributed by atoms with Crippen molar-refractivity contribution in [1.82, 2.24) is 10.2 Å². The van der Waals surface area contributed by atoms with E-state index < -0.39 is 28.5 Å². The molecule has 0 unspecified atom stereocenters. The van der Waals surface area contributed by atoms with Crippen molar-refractivity contribution in [2.45, 2.75) is 64.1 Å². The van der Waals surface area contributed by atoms with Gasteiger partial charge in [-0.25, -0.2) is 8.42 Å². The molecule has 7 nitrogen and oxygen atoms in total. The van der Waals surface area contributed by atoms with E-state index in [2.05, 4.69) is 5.32 Å². The van der Waals surface area contributed by atoms with Crippen molar-refractivity contribution in [3.63, 3.8) is 0 Å². The van der Waals surface area contributed by atoms with E-state index >= 15 is 0 Å². The zero-order chi connectivity index (χ0) is 32.6. The van der Waals surface area contributed by atoms with E-state index in [9.17, 15) is 18.0 Å². The smallest absolute Gasteiger partial charge is 0.264 e. The lowest BCUT2D eigenvalue weighted by Crippen LogP contribution is -2.54. The summed E-state index contributed by atoms with van der Waals surface area (Å²) >= 11 is 6.16. The fourth-order valence-corrected chi connectivity index (χ4v) is 6.73. The van der Waals surface area contributed by atoms with Crippen LogP contribution >= 0.6 is 11.6 Å². The van der Waals surface area contributed by atoms with Gasteiger partial charge in [0.2, 0.25) is 11.8 Å². The van der Waals surface area contributed by atoms with E-state index in [0.29, 0.717) is 22.7 Å². The van der Waals surface area contributed by atoms with Gasteiger partial charge in [-0.2, -0.15) is 0 Å². The Kier molecular flexibility index (Phi) is 11.4. The Morgan fingerprint density at radius 3 is 2.07 bits per heavy atom. The van der Waals surface area contributed by atoms with Crippen LogP contribution < -0.4 is 9.62 Å². The van der Waals surface area contributed by atoms with Gasteiger partial charge in [-0.05, 0) is 74.2 Å². The summed E-state index contributed by atoms with van der Waals surface area (Å²) in [5, 5.41) is 3.59. The highest BCUT2D eigenvalue weighted by Crippen LogP contribution is 2.28. The monoisotopic (exact) mass is 645 g/mol. The lowest BCUT2D eigenvalue weighted by Gasteiger charge is -2.34. The molecule has 0 heterocycles. The Morgan fingerprint density at radius 1 is 0.844 bits per heavy atom. The van der Waals surface area contributed by atoms with Crippen LogP contribution in [0.1, 0.15) is 42.5 Å². The lowest BCUT2D eigenvalue weighted by atomic mass is 10.0. The predicted octanol–water partition coefficient (Wildman–Crippen LogP) is 6.71. The minimum Gasteiger partial charge on any atom is -0.352 e. The van der Waals surface area contributed by atoms with Gasteiger partial charge in [-0.15, -0.1) is 0 Å². The molecule has 9 heteroatoms. The summed E-state index contributed by atoms with van der Waals surface area (Å²) in [5.74, 6) is -0.816. The van der Waals surface area contributed by atoms with Gasteiger partial charge in [-0.1, -0.05) is 96.9 Å². The molecule has 0 saturated heterocycles. The van der Waals surface area contributed by atoms with Crippen LogP contribution in [-0.2, 0) is 32.6 Å². The largest absolute Gasteiger partial charge is 0.352 e. The van der Waals surface area contributed by atoms with E-state index in [0.717, 1.165) is 21.0 Å². The van der Waals surface area contributed by atoms with Crippen LogP contribution in [0.2, 0.25) is 5.02 Å². The zero-order valence-electron chi connectivity index (χ0n) is 26.1. The standard InChI is InChI=1S/C36H40ClN3O4S/c1-5-28(4)38-36(42)34(23-29-12-8-6-9-13-29)39(24-30-17-19-31(37)20-18-30)35(41)25-40(33-21-16-26(2)22-27(33)3)45(43,44)32-14-10-7-11-15-32/h6-22,28,34H,5,23-25H2,1-4H3,(H,38,42)/t28-,34+/m0/s1. The summed E-state index contributed by atoms with van der Waals surface area (Å²) in [4.78, 5) is 30.0. The van der Waals surface area contributed by atoms with E-state index in [1.54, 1.807) is 48.5 Å². The van der Waals surface area contributed by atoms with Crippen LogP contribution in [0.25, 0.3) is 0 Å². The van der Waals surface area contributed by atoms with E-state index in [4.69, 9.17) is 11.6 Å². The van der Waals surface area contributed by atoms with Crippen LogP contribution in [0.4, 0.5) is 5.69 Å². The minimum absolute atomic E-state index is 0.0670. The molecule has 4 aromatic rings. The molecule has 0 aliphatic heterocycles. The molecule has 4 aromatic carbocycles. The highest BCUT2D eigenvalue weighted by atomic mass is 35.5. The number of hydrogen-bond acceptors (Lipinski definition) is 4. The van der Waals surface area contributed by atoms with Crippen molar-refractivity contribution in [3.05, 3.63) is 130 Å². The third-order valence-corrected chi connectivity index (χ3v) is 9.80. The van der Waals surface area contributed by atoms with Crippen molar-refractivity contribution in [2.24, 2.45) is 0 Å². The number of nitrogens with one attached hydrogen (secondary N) is 1. The molecular formula is C36H40ClN3O4S. The third-order valence-electron chi connectivity index (χ3n) is 7.77. The van der Waals surface area contributed by atoms with Crippen LogP contribution in [0, 0.1) is 13.8 Å². The maximum atomic E-state index is 14.6. The molecular weight excluding hydrogens is 606 g/mol. The minimum atomic E-state index is -4.16. The number of carbonyl (C=O) groups is 2. The number of rotatable bonds is 13. The van der Waals surface area contributed by atoms with Crippen molar-refractivity contribution >= 4 is 39.1 Å². The summed E-state index contributed by atoms with van der Waals surface area (Å²) in [7, 11) is -4.16. The molecule has 0 aromatic heterocycles. The molecule has 236 valence electrons. The molecule has 0 spiro atoms. The number of aryl methyl sites for hydroxylation is 2. The molecule has 4 rings (SSSR count). The highest BCUT2D eigenvalue weighted by molar-refractivity contribution is 7.92. The number of anilines is 1. The molecule has 0 bridgehead atoms. The summed E-state index contributed by atoms with van der Waals surface area (Å²) in [5.41, 5.74) is 3.70. The molecule has 0 aliphatic rings. The quantitative estimate of drug-likeness (QED) is 0.175. The van der Waals surface area contributed by atoms with Crippen molar-refractivity contribution in [3.8, 4) is 0 Å². The molecule has 1 N–H and O–H groups in total. The molecule has 0 radical (unpaired) electrons. The second kappa shape index (κ2) is 15.2. The SMILES string of the molecule is CC[C@H](C)NC(=O)[C@@H](Cc1ccccc1)N(Cc1ccc(Cl)cc1)C(=O)CN(c1ccc(C)cc1C)S(=O)(=O)c1ccccc1. The highest BCUT2D eigenvalue weighted by Gasteiger charge is 2.35. The van der Waals surface area contributed by atoms with Crippen molar-refractivity contribution in [2.75, 3.05) is 10.8 Å². The van der Waals surface area contributed by atoms with E-state index in [1.165, 1.54) is 17.0 Å². The van der Waals surface area contributed by atoms with Crippen molar-refractivity contribution in [1.29, 1.82) is 0 Å². The average molecular weight is 646 g/mol. The Hall–Kier alpha value is -4.14. The first-order valence-corrected chi connectivity index (χ1v) is 16.8. The first-order valence-electron chi connectivity index (χ1n) is 15.0. The number of amides is 2. The molecule has 0 aliphatic carbocycles. The molecule has 0 saturated carbocycles. The topological polar surface area (TPSA) is 86.8 Å². The van der Waals surface area contributed by atoms with Gasteiger partial charge in [0, 0.05) is 24.0 Å². The Bertz CT molecular complexity index is 1700. The summed E-state index contributed by atoms with van der Waals surface area (Å²) in [6.07, 6.45) is 0.960. The molecule has 2 atom stereocenters. The normalized spacial score (nSPS) is 12.6. The first-order chi connectivity index (χ1) is 21.5.